The summed E-state index contributed by atoms with van der Waals surface area (Å²) in [7, 11) is 0. The molecule has 15 heteroatoms. The van der Waals surface area contributed by atoms with Gasteiger partial charge in [-0.2, -0.15) is 0 Å². The Morgan fingerprint density at radius 2 is 1.50 bits per heavy atom. The maximum atomic E-state index is 13.7. The Labute approximate surface area is 236 Å². The Hall–Kier alpha value is -3.51. The van der Waals surface area contributed by atoms with Crippen molar-refractivity contribution in [3.05, 3.63) is 46.6 Å². The summed E-state index contributed by atoms with van der Waals surface area (Å²) in [6.45, 7) is 0.593. The Balaban J connectivity index is 1.60. The van der Waals surface area contributed by atoms with Crippen LogP contribution in [0.25, 0.3) is 22.3 Å². The minimum Gasteiger partial charge on any atom is -0.508 e. The van der Waals surface area contributed by atoms with Crippen LogP contribution in [0.2, 0.25) is 0 Å². The summed E-state index contributed by atoms with van der Waals surface area (Å²) in [5.74, 6) is -2.03. The fourth-order valence-electron chi connectivity index (χ4n) is 4.87. The zero-order valence-corrected chi connectivity index (χ0v) is 21.9. The summed E-state index contributed by atoms with van der Waals surface area (Å²) in [5, 5.41) is 91.6. The second-order valence-electron chi connectivity index (χ2n) is 10.1. The summed E-state index contributed by atoms with van der Waals surface area (Å²) in [6, 6.07) is 7.31. The lowest BCUT2D eigenvalue weighted by Gasteiger charge is -2.45. The summed E-state index contributed by atoms with van der Waals surface area (Å²) in [4.78, 5) is 13.7. The number of rotatable bonds is 6. The number of phenols is 3. The maximum absolute atomic E-state index is 13.7. The van der Waals surface area contributed by atoms with Crippen molar-refractivity contribution in [3.63, 3.8) is 0 Å². The topological polar surface area (TPSA) is 249 Å². The van der Waals surface area contributed by atoms with E-state index < -0.39 is 96.1 Å². The summed E-state index contributed by atoms with van der Waals surface area (Å²) >= 11 is 0. The van der Waals surface area contributed by atoms with Gasteiger partial charge in [0.2, 0.25) is 17.5 Å². The third kappa shape index (κ3) is 5.37. The predicted octanol–water partition coefficient (Wildman–Crippen LogP) is -1.39. The normalized spacial score (nSPS) is 33.5. The first-order valence-electron chi connectivity index (χ1n) is 12.9. The van der Waals surface area contributed by atoms with Crippen molar-refractivity contribution in [1.29, 1.82) is 0 Å². The van der Waals surface area contributed by atoms with Gasteiger partial charge in [-0.15, -0.1) is 0 Å². The van der Waals surface area contributed by atoms with Gasteiger partial charge in [-0.25, -0.2) is 0 Å². The van der Waals surface area contributed by atoms with Gasteiger partial charge in [0.05, 0.1) is 12.7 Å². The number of fused-ring (bicyclic) bond motifs is 1. The van der Waals surface area contributed by atoms with Gasteiger partial charge in [0.25, 0.3) is 0 Å². The Morgan fingerprint density at radius 3 is 2.17 bits per heavy atom. The maximum Gasteiger partial charge on any atom is 0.239 e. The molecule has 0 saturated carbocycles. The number of aliphatic hydroxyl groups is 6. The van der Waals surface area contributed by atoms with E-state index in [1.54, 1.807) is 0 Å². The van der Waals surface area contributed by atoms with Crippen molar-refractivity contribution in [1.82, 2.24) is 0 Å². The molecule has 0 spiro atoms. The number of ether oxygens (including phenoxy) is 4. The van der Waals surface area contributed by atoms with Gasteiger partial charge in [-0.1, -0.05) is 0 Å². The molecule has 2 aromatic carbocycles. The van der Waals surface area contributed by atoms with E-state index in [-0.39, 0.29) is 22.7 Å². The summed E-state index contributed by atoms with van der Waals surface area (Å²) in [5.41, 5.74) is -0.995. The molecule has 2 aliphatic rings. The number of benzene rings is 2. The molecular weight excluding hydrogens is 564 g/mol. The van der Waals surface area contributed by atoms with Crippen molar-refractivity contribution in [2.75, 3.05) is 6.61 Å². The van der Waals surface area contributed by atoms with Crippen LogP contribution in [0.1, 0.15) is 6.92 Å². The molecule has 9 N–H and O–H groups in total. The molecule has 0 aliphatic carbocycles. The molecule has 3 heterocycles. The van der Waals surface area contributed by atoms with Crippen molar-refractivity contribution in [2.24, 2.45) is 0 Å². The van der Waals surface area contributed by atoms with Gasteiger partial charge in [-0.05, 0) is 31.2 Å². The van der Waals surface area contributed by atoms with E-state index in [9.17, 15) is 50.8 Å². The highest BCUT2D eigenvalue weighted by molar-refractivity contribution is 5.88. The average molecular weight is 595 g/mol. The lowest BCUT2D eigenvalue weighted by Crippen LogP contribution is -2.64. The molecule has 15 nitrogen and oxygen atoms in total. The molecule has 5 rings (SSSR count). The number of phenolic OH excluding ortho intramolecular Hbond substituents is 3. The minimum atomic E-state index is -1.87. The predicted molar refractivity (Wildman–Crippen MR) is 139 cm³/mol. The monoisotopic (exact) mass is 594 g/mol. The van der Waals surface area contributed by atoms with Crippen LogP contribution >= 0.6 is 0 Å². The standard InChI is InChI=1S/C27H30O15/c1-9-17(32)20(35)22(37)26(38-9)42-25-21(36)18(33)15(8-28)40-27(25)41-24-19(34)16-13(31)6-12(30)7-14(16)39-23(24)10-2-4-11(29)5-3-10/h2-7,9,15,17-18,20-22,25-33,35-37H,8H2,1H3/t9-,15-,17-,18-,20+,21+,22+,25-,26-,27-/m1/s1. The average Bonchev–Trinajstić information content (AvgIpc) is 2.95. The molecule has 2 aliphatic heterocycles. The highest BCUT2D eigenvalue weighted by Crippen LogP contribution is 2.38. The molecule has 3 aromatic rings. The van der Waals surface area contributed by atoms with Crippen molar-refractivity contribution < 1.29 is 69.3 Å². The molecule has 0 unspecified atom stereocenters. The van der Waals surface area contributed by atoms with E-state index >= 15 is 0 Å². The van der Waals surface area contributed by atoms with Gasteiger partial charge in [0.15, 0.2) is 18.2 Å². The first kappa shape index (κ1) is 30.0. The van der Waals surface area contributed by atoms with E-state index in [1.807, 2.05) is 0 Å². The van der Waals surface area contributed by atoms with Crippen LogP contribution < -0.4 is 10.2 Å². The zero-order valence-electron chi connectivity index (χ0n) is 21.9. The van der Waals surface area contributed by atoms with Crippen LogP contribution in [-0.2, 0) is 14.2 Å². The molecule has 0 amide bonds. The second-order valence-corrected chi connectivity index (χ2v) is 10.1. The summed E-state index contributed by atoms with van der Waals surface area (Å²) in [6.07, 6.45) is -16.3. The van der Waals surface area contributed by atoms with Crippen molar-refractivity contribution >= 4 is 11.0 Å². The van der Waals surface area contributed by atoms with Gasteiger partial charge >= 0.3 is 0 Å². The number of hydrogen-bond donors (Lipinski definition) is 9. The lowest BCUT2D eigenvalue weighted by atomic mass is 9.97. The fourth-order valence-corrected chi connectivity index (χ4v) is 4.87. The highest BCUT2D eigenvalue weighted by atomic mass is 16.8. The molecule has 10 atom stereocenters. The number of aromatic hydroxyl groups is 3. The minimum absolute atomic E-state index is 0.112. The Morgan fingerprint density at radius 1 is 0.810 bits per heavy atom. The molecule has 42 heavy (non-hydrogen) atoms. The molecule has 0 radical (unpaired) electrons. The highest BCUT2D eigenvalue weighted by Gasteiger charge is 2.51. The van der Waals surface area contributed by atoms with E-state index in [2.05, 4.69) is 0 Å². The first-order chi connectivity index (χ1) is 19.9. The zero-order chi connectivity index (χ0) is 30.5. The van der Waals surface area contributed by atoms with Crippen LogP contribution in [0.15, 0.2) is 45.6 Å². The molecule has 1 aromatic heterocycles. The van der Waals surface area contributed by atoms with Crippen LogP contribution in [0.4, 0.5) is 0 Å². The van der Waals surface area contributed by atoms with E-state index in [0.29, 0.717) is 0 Å². The Kier molecular flexibility index (Phi) is 8.30. The lowest BCUT2D eigenvalue weighted by molar-refractivity contribution is -0.354. The quantitative estimate of drug-likeness (QED) is 0.159. The van der Waals surface area contributed by atoms with Crippen LogP contribution in [0.5, 0.6) is 23.0 Å². The number of aliphatic hydroxyl groups excluding tert-OH is 6. The SMILES string of the molecule is C[C@H]1O[C@H](O[C@H]2[C@@H](Oc3c(-c4ccc(O)cc4)oc4cc(O)cc(O)c4c3=O)O[C@H](CO)[C@@H](O)[C@@H]2O)[C@@H](O)[C@@H](O)[C@@H]1O. The van der Waals surface area contributed by atoms with E-state index in [4.69, 9.17) is 23.4 Å². The molecule has 2 fully saturated rings. The van der Waals surface area contributed by atoms with Crippen LogP contribution in [0, 0.1) is 0 Å². The number of hydrogen-bond acceptors (Lipinski definition) is 15. The van der Waals surface area contributed by atoms with Gasteiger partial charge in [0.1, 0.15) is 64.8 Å². The van der Waals surface area contributed by atoms with E-state index in [1.165, 1.54) is 31.2 Å². The molecule has 228 valence electrons. The third-order valence-corrected chi connectivity index (χ3v) is 7.21. The molecule has 2 saturated heterocycles. The summed E-state index contributed by atoms with van der Waals surface area (Å²) < 4.78 is 28.5. The van der Waals surface area contributed by atoms with Crippen molar-refractivity contribution in [3.8, 4) is 34.3 Å². The third-order valence-electron chi connectivity index (χ3n) is 7.21. The van der Waals surface area contributed by atoms with Gasteiger partial charge in [-0.3, -0.25) is 4.79 Å². The van der Waals surface area contributed by atoms with Crippen molar-refractivity contribution in [2.45, 2.75) is 68.3 Å². The Bertz CT molecular complexity index is 1470. The molecule has 0 bridgehead atoms. The van der Waals surface area contributed by atoms with Gasteiger partial charge in [0, 0.05) is 17.7 Å². The largest absolute Gasteiger partial charge is 0.508 e. The van der Waals surface area contributed by atoms with E-state index in [0.717, 1.165) is 12.1 Å². The fraction of sp³-hybridized carbons (Fsp3) is 0.444. The second kappa shape index (κ2) is 11.6. The van der Waals surface area contributed by atoms with Crippen LogP contribution in [-0.4, -0.2) is 114 Å². The molecular formula is C27H30O15. The first-order valence-corrected chi connectivity index (χ1v) is 12.9. The van der Waals surface area contributed by atoms with Gasteiger partial charge < -0.3 is 69.3 Å². The smallest absolute Gasteiger partial charge is 0.239 e. The van der Waals surface area contributed by atoms with Crippen LogP contribution in [0.3, 0.4) is 0 Å².